The number of hydrogen-bond donors (Lipinski definition) is 3. The van der Waals surface area contributed by atoms with E-state index in [0.29, 0.717) is 19.0 Å². The highest BCUT2D eigenvalue weighted by molar-refractivity contribution is 5.95. The summed E-state index contributed by atoms with van der Waals surface area (Å²) in [5.74, 6) is -1.07. The Labute approximate surface area is 126 Å². The maximum absolute atomic E-state index is 11.8. The molecule has 0 saturated heterocycles. The second-order valence-electron chi connectivity index (χ2n) is 5.86. The lowest BCUT2D eigenvalue weighted by molar-refractivity contribution is -0.149. The van der Waals surface area contributed by atoms with Crippen molar-refractivity contribution in [1.82, 2.24) is 15.5 Å². The van der Waals surface area contributed by atoms with Crippen molar-refractivity contribution in [1.29, 1.82) is 0 Å². The fraction of sp³-hybridized carbons (Fsp3) is 0.786. The first-order valence-corrected chi connectivity index (χ1v) is 7.17. The molecule has 0 aliphatic carbocycles. The summed E-state index contributed by atoms with van der Waals surface area (Å²) in [6.45, 7) is 9.63. The van der Waals surface area contributed by atoms with Gasteiger partial charge in [0.1, 0.15) is 5.54 Å². The third-order valence-electron chi connectivity index (χ3n) is 3.29. The van der Waals surface area contributed by atoms with Crippen LogP contribution >= 0.6 is 0 Å². The molecule has 0 fully saturated rings. The molecule has 0 rings (SSSR count). The highest BCUT2D eigenvalue weighted by Crippen LogP contribution is 2.13. The quantitative estimate of drug-likeness (QED) is 0.622. The molecule has 0 saturated carbocycles. The van der Waals surface area contributed by atoms with Gasteiger partial charge in [0.25, 0.3) is 0 Å². The van der Waals surface area contributed by atoms with E-state index >= 15 is 0 Å². The van der Waals surface area contributed by atoms with E-state index in [4.69, 9.17) is 5.11 Å². The highest BCUT2D eigenvalue weighted by Gasteiger charge is 2.34. The molecule has 0 aliphatic heterocycles. The van der Waals surface area contributed by atoms with E-state index in [-0.39, 0.29) is 6.54 Å². The predicted octanol–water partition coefficient (Wildman–Crippen LogP) is 1.04. The van der Waals surface area contributed by atoms with E-state index in [1.54, 1.807) is 6.92 Å². The van der Waals surface area contributed by atoms with Gasteiger partial charge >= 0.3 is 12.0 Å². The van der Waals surface area contributed by atoms with Crippen molar-refractivity contribution in [3.63, 3.8) is 0 Å². The van der Waals surface area contributed by atoms with Gasteiger partial charge in [-0.05, 0) is 32.7 Å². The van der Waals surface area contributed by atoms with Crippen LogP contribution in [0.2, 0.25) is 0 Å². The first-order chi connectivity index (χ1) is 9.61. The van der Waals surface area contributed by atoms with Crippen molar-refractivity contribution >= 4 is 17.9 Å². The van der Waals surface area contributed by atoms with Gasteiger partial charge in [-0.15, -0.1) is 0 Å². The number of aliphatic carboxylic acids is 1. The zero-order valence-corrected chi connectivity index (χ0v) is 13.5. The van der Waals surface area contributed by atoms with Gasteiger partial charge in [0.15, 0.2) is 0 Å². The van der Waals surface area contributed by atoms with E-state index in [0.717, 1.165) is 6.42 Å². The smallest absolute Gasteiger partial charge is 0.323 e. The standard InChI is InChI=1S/C14H27N3O4/c1-6-17(14(4,5)12(19)20)9-11(18)16-13(21)15-8-7-10(2)3/h10H,6-9H2,1-5H3,(H,19,20)(H2,15,16,18,21). The minimum absolute atomic E-state index is 0.145. The predicted molar refractivity (Wildman–Crippen MR) is 80.0 cm³/mol. The molecule has 0 aromatic heterocycles. The molecule has 0 atom stereocenters. The molecule has 3 N–H and O–H groups in total. The minimum atomic E-state index is -1.17. The number of urea groups is 1. The molecule has 0 spiro atoms. The van der Waals surface area contributed by atoms with Crippen LogP contribution in [0.15, 0.2) is 0 Å². The van der Waals surface area contributed by atoms with Crippen LogP contribution in [0.4, 0.5) is 4.79 Å². The van der Waals surface area contributed by atoms with Crippen LogP contribution in [0.3, 0.4) is 0 Å². The van der Waals surface area contributed by atoms with E-state index in [1.807, 2.05) is 13.8 Å². The zero-order valence-electron chi connectivity index (χ0n) is 13.5. The number of carbonyl (C=O) groups is 3. The first-order valence-electron chi connectivity index (χ1n) is 7.17. The molecule has 0 aromatic rings. The van der Waals surface area contributed by atoms with Crippen LogP contribution in [0.25, 0.3) is 0 Å². The molecule has 0 heterocycles. The number of amides is 3. The van der Waals surface area contributed by atoms with Gasteiger partial charge in [0.2, 0.25) is 5.91 Å². The van der Waals surface area contributed by atoms with Gasteiger partial charge in [-0.3, -0.25) is 19.8 Å². The number of hydrogen-bond acceptors (Lipinski definition) is 4. The molecule has 0 radical (unpaired) electrons. The van der Waals surface area contributed by atoms with Gasteiger partial charge in [-0.1, -0.05) is 20.8 Å². The van der Waals surface area contributed by atoms with Crippen molar-refractivity contribution in [2.75, 3.05) is 19.6 Å². The molecule has 0 aromatic carbocycles. The number of imide groups is 1. The summed E-state index contributed by atoms with van der Waals surface area (Å²) < 4.78 is 0. The summed E-state index contributed by atoms with van der Waals surface area (Å²) in [5, 5.41) is 14.0. The van der Waals surface area contributed by atoms with Crippen LogP contribution in [0.1, 0.15) is 41.0 Å². The molecule has 21 heavy (non-hydrogen) atoms. The highest BCUT2D eigenvalue weighted by atomic mass is 16.4. The Bertz CT molecular complexity index is 380. The maximum atomic E-state index is 11.8. The van der Waals surface area contributed by atoms with Crippen molar-refractivity contribution in [2.24, 2.45) is 5.92 Å². The van der Waals surface area contributed by atoms with Crippen molar-refractivity contribution in [3.8, 4) is 0 Å². The van der Waals surface area contributed by atoms with E-state index in [2.05, 4.69) is 10.6 Å². The second kappa shape index (κ2) is 8.61. The molecule has 7 heteroatoms. The van der Waals surface area contributed by atoms with E-state index in [1.165, 1.54) is 18.7 Å². The lowest BCUT2D eigenvalue weighted by Crippen LogP contribution is -2.54. The number of carboxylic acids is 1. The Balaban J connectivity index is 4.34. The average Bonchev–Trinajstić information content (AvgIpc) is 2.34. The Morgan fingerprint density at radius 2 is 1.81 bits per heavy atom. The molecular weight excluding hydrogens is 274 g/mol. The normalized spacial score (nSPS) is 11.6. The number of carboxylic acid groups (broad SMARTS) is 1. The second-order valence-corrected chi connectivity index (χ2v) is 5.86. The van der Waals surface area contributed by atoms with Gasteiger partial charge in [-0.25, -0.2) is 4.79 Å². The number of rotatable bonds is 8. The summed E-state index contributed by atoms with van der Waals surface area (Å²) in [6.07, 6.45) is 0.828. The van der Waals surface area contributed by atoms with Gasteiger partial charge in [0, 0.05) is 6.54 Å². The Hall–Kier alpha value is -1.63. The molecule has 122 valence electrons. The first kappa shape index (κ1) is 19.4. The van der Waals surface area contributed by atoms with Crippen LogP contribution < -0.4 is 10.6 Å². The van der Waals surface area contributed by atoms with Crippen LogP contribution in [0.5, 0.6) is 0 Å². The Kier molecular flexibility index (Phi) is 7.94. The van der Waals surface area contributed by atoms with Crippen molar-refractivity contribution in [3.05, 3.63) is 0 Å². The summed E-state index contributed by atoms with van der Waals surface area (Å²) in [6, 6.07) is -0.551. The number of nitrogens with one attached hydrogen (secondary N) is 2. The third kappa shape index (κ3) is 7.08. The summed E-state index contributed by atoms with van der Waals surface area (Å²) in [7, 11) is 0. The van der Waals surface area contributed by atoms with Gasteiger partial charge in [0.05, 0.1) is 6.54 Å². The number of nitrogens with zero attached hydrogens (tertiary/aromatic N) is 1. The molecule has 0 aliphatic rings. The van der Waals surface area contributed by atoms with Crippen molar-refractivity contribution < 1.29 is 19.5 Å². The van der Waals surface area contributed by atoms with E-state index < -0.39 is 23.4 Å². The molecule has 3 amide bonds. The van der Waals surface area contributed by atoms with Crippen LogP contribution in [0, 0.1) is 5.92 Å². The molecule has 0 bridgehead atoms. The minimum Gasteiger partial charge on any atom is -0.480 e. The monoisotopic (exact) mass is 301 g/mol. The Morgan fingerprint density at radius 1 is 1.24 bits per heavy atom. The lowest BCUT2D eigenvalue weighted by Gasteiger charge is -2.33. The summed E-state index contributed by atoms with van der Waals surface area (Å²) in [4.78, 5) is 36.0. The number of likely N-dealkylation sites (N-methyl/N-ethyl adjacent to an activating group) is 1. The number of carbonyl (C=O) groups excluding carboxylic acids is 2. The summed E-state index contributed by atoms with van der Waals surface area (Å²) in [5.41, 5.74) is -1.17. The maximum Gasteiger partial charge on any atom is 0.323 e. The molecular formula is C14H27N3O4. The average molecular weight is 301 g/mol. The van der Waals surface area contributed by atoms with Gasteiger partial charge in [-0.2, -0.15) is 0 Å². The topological polar surface area (TPSA) is 98.7 Å². The lowest BCUT2D eigenvalue weighted by atomic mass is 10.0. The third-order valence-corrected chi connectivity index (χ3v) is 3.29. The van der Waals surface area contributed by atoms with Gasteiger partial charge < -0.3 is 10.4 Å². The molecule has 0 unspecified atom stereocenters. The van der Waals surface area contributed by atoms with Crippen molar-refractivity contribution in [2.45, 2.75) is 46.6 Å². The SMILES string of the molecule is CCN(CC(=O)NC(=O)NCCC(C)C)C(C)(C)C(=O)O. The molecule has 7 nitrogen and oxygen atoms in total. The van der Waals surface area contributed by atoms with E-state index in [9.17, 15) is 14.4 Å². The summed E-state index contributed by atoms with van der Waals surface area (Å²) >= 11 is 0. The fourth-order valence-corrected chi connectivity index (χ4v) is 1.70. The zero-order chi connectivity index (χ0) is 16.6. The van der Waals surface area contributed by atoms with Crippen LogP contribution in [-0.4, -0.2) is 53.1 Å². The fourth-order valence-electron chi connectivity index (χ4n) is 1.70. The Morgan fingerprint density at radius 3 is 2.24 bits per heavy atom. The largest absolute Gasteiger partial charge is 0.480 e. The van der Waals surface area contributed by atoms with Crippen LogP contribution in [-0.2, 0) is 9.59 Å².